The van der Waals surface area contributed by atoms with Crippen LogP contribution in [0, 0.1) is 13.8 Å². The van der Waals surface area contributed by atoms with Crippen LogP contribution in [0.4, 0.5) is 10.9 Å². The Balaban J connectivity index is 1.36. The predicted octanol–water partition coefficient (Wildman–Crippen LogP) is 4.68. The second kappa shape index (κ2) is 8.88. The highest BCUT2D eigenvalue weighted by Gasteiger charge is 2.23. The van der Waals surface area contributed by atoms with Gasteiger partial charge < -0.3 is 10.1 Å². The SMILES string of the molecule is COc1cc(C)ccc1CN1CCC(c2cncc(Nc3nc(C)cs3)n2)CC1. The molecule has 0 spiro atoms. The number of aryl methyl sites for hydroxylation is 2. The zero-order chi connectivity index (χ0) is 20.2. The van der Waals surface area contributed by atoms with Crippen LogP contribution in [0.2, 0.25) is 0 Å². The van der Waals surface area contributed by atoms with E-state index in [0.717, 1.165) is 60.6 Å². The average molecular weight is 410 g/mol. The number of ether oxygens (including phenoxy) is 1. The van der Waals surface area contributed by atoms with Crippen molar-refractivity contribution in [2.24, 2.45) is 0 Å². The zero-order valence-corrected chi connectivity index (χ0v) is 18.0. The van der Waals surface area contributed by atoms with Crippen LogP contribution in [-0.2, 0) is 6.54 Å². The van der Waals surface area contributed by atoms with Crippen molar-refractivity contribution in [3.8, 4) is 5.75 Å². The van der Waals surface area contributed by atoms with Crippen molar-refractivity contribution in [1.82, 2.24) is 19.9 Å². The fraction of sp³-hybridized carbons (Fsp3) is 0.409. The summed E-state index contributed by atoms with van der Waals surface area (Å²) >= 11 is 1.58. The van der Waals surface area contributed by atoms with Gasteiger partial charge in [0, 0.05) is 29.6 Å². The van der Waals surface area contributed by atoms with Gasteiger partial charge >= 0.3 is 0 Å². The van der Waals surface area contributed by atoms with E-state index in [0.29, 0.717) is 5.92 Å². The maximum atomic E-state index is 5.57. The van der Waals surface area contributed by atoms with E-state index in [1.807, 2.05) is 18.5 Å². The lowest BCUT2D eigenvalue weighted by molar-refractivity contribution is 0.201. The van der Waals surface area contributed by atoms with Gasteiger partial charge in [-0.25, -0.2) is 9.97 Å². The number of hydrogen-bond acceptors (Lipinski definition) is 7. The summed E-state index contributed by atoms with van der Waals surface area (Å²) in [7, 11) is 1.75. The van der Waals surface area contributed by atoms with E-state index in [4.69, 9.17) is 9.72 Å². The number of hydrogen-bond donors (Lipinski definition) is 1. The minimum absolute atomic E-state index is 0.443. The van der Waals surface area contributed by atoms with Crippen LogP contribution in [0.25, 0.3) is 0 Å². The van der Waals surface area contributed by atoms with E-state index in [2.05, 4.69) is 45.3 Å². The molecule has 0 unspecified atom stereocenters. The van der Waals surface area contributed by atoms with E-state index < -0.39 is 0 Å². The lowest BCUT2D eigenvalue weighted by Crippen LogP contribution is -2.32. The molecule has 7 heteroatoms. The number of likely N-dealkylation sites (tertiary alicyclic amines) is 1. The van der Waals surface area contributed by atoms with Crippen molar-refractivity contribution in [3.05, 3.63) is 58.5 Å². The number of rotatable bonds is 6. The standard InChI is InChI=1S/C22H27N5OS/c1-15-4-5-18(20(10-15)28-3)13-27-8-6-17(7-9-27)19-11-23-12-21(25-19)26-22-24-16(2)14-29-22/h4-5,10-12,14,17H,6-9,13H2,1-3H3,(H,24,25,26). The molecule has 1 N–H and O–H groups in total. The fourth-order valence-electron chi connectivity index (χ4n) is 3.77. The summed E-state index contributed by atoms with van der Waals surface area (Å²) < 4.78 is 5.57. The van der Waals surface area contributed by atoms with Crippen molar-refractivity contribution < 1.29 is 4.74 Å². The van der Waals surface area contributed by atoms with Crippen molar-refractivity contribution in [1.29, 1.82) is 0 Å². The molecule has 1 fully saturated rings. The minimum atomic E-state index is 0.443. The maximum Gasteiger partial charge on any atom is 0.188 e. The highest BCUT2D eigenvalue weighted by Crippen LogP contribution is 2.30. The topological polar surface area (TPSA) is 63.2 Å². The minimum Gasteiger partial charge on any atom is -0.496 e. The number of methoxy groups -OCH3 is 1. The normalized spacial score (nSPS) is 15.4. The van der Waals surface area contributed by atoms with Gasteiger partial charge in [-0.15, -0.1) is 11.3 Å². The Morgan fingerprint density at radius 2 is 2.00 bits per heavy atom. The molecule has 4 rings (SSSR count). The molecule has 0 aliphatic carbocycles. The predicted molar refractivity (Wildman–Crippen MR) is 117 cm³/mol. The van der Waals surface area contributed by atoms with E-state index in [-0.39, 0.29) is 0 Å². The molecule has 3 aromatic rings. The second-order valence-corrected chi connectivity index (χ2v) is 8.47. The second-order valence-electron chi connectivity index (χ2n) is 7.61. The van der Waals surface area contributed by atoms with Crippen LogP contribution >= 0.6 is 11.3 Å². The molecule has 0 bridgehead atoms. The van der Waals surface area contributed by atoms with Crippen molar-refractivity contribution in [2.75, 3.05) is 25.5 Å². The molecule has 1 aromatic carbocycles. The summed E-state index contributed by atoms with van der Waals surface area (Å²) in [4.78, 5) is 16.1. The van der Waals surface area contributed by atoms with Crippen LogP contribution in [0.1, 0.15) is 41.3 Å². The number of anilines is 2. The highest BCUT2D eigenvalue weighted by atomic mass is 32.1. The molecule has 6 nitrogen and oxygen atoms in total. The first-order valence-corrected chi connectivity index (χ1v) is 10.9. The number of nitrogens with zero attached hydrogens (tertiary/aromatic N) is 4. The Morgan fingerprint density at radius 3 is 2.72 bits per heavy atom. The first-order chi connectivity index (χ1) is 14.1. The lowest BCUT2D eigenvalue weighted by atomic mass is 9.93. The molecule has 1 aliphatic heterocycles. The molecule has 0 saturated carbocycles. The third-order valence-electron chi connectivity index (χ3n) is 5.35. The van der Waals surface area contributed by atoms with Gasteiger partial charge in [-0.1, -0.05) is 12.1 Å². The van der Waals surface area contributed by atoms with Gasteiger partial charge in [-0.2, -0.15) is 0 Å². The summed E-state index contributed by atoms with van der Waals surface area (Å²) in [5, 5.41) is 6.16. The Labute approximate surface area is 176 Å². The molecule has 0 atom stereocenters. The van der Waals surface area contributed by atoms with Gasteiger partial charge in [0.1, 0.15) is 5.75 Å². The molecule has 2 aromatic heterocycles. The van der Waals surface area contributed by atoms with E-state index in [9.17, 15) is 0 Å². The largest absolute Gasteiger partial charge is 0.496 e. The third kappa shape index (κ3) is 4.92. The Morgan fingerprint density at radius 1 is 1.17 bits per heavy atom. The van der Waals surface area contributed by atoms with Gasteiger partial charge in [0.05, 0.1) is 24.7 Å². The number of piperidine rings is 1. The van der Waals surface area contributed by atoms with Crippen LogP contribution in [0.15, 0.2) is 36.0 Å². The first kappa shape index (κ1) is 19.8. The summed E-state index contributed by atoms with van der Waals surface area (Å²) in [6.45, 7) is 7.10. The third-order valence-corrected chi connectivity index (χ3v) is 6.23. The fourth-order valence-corrected chi connectivity index (χ4v) is 4.46. The number of benzene rings is 1. The zero-order valence-electron chi connectivity index (χ0n) is 17.2. The Bertz CT molecular complexity index is 965. The molecule has 1 aliphatic rings. The van der Waals surface area contributed by atoms with Gasteiger partial charge in [0.15, 0.2) is 10.9 Å². The van der Waals surface area contributed by atoms with Gasteiger partial charge in [-0.05, 0) is 51.4 Å². The van der Waals surface area contributed by atoms with Crippen LogP contribution in [0.3, 0.4) is 0 Å². The van der Waals surface area contributed by atoms with Gasteiger partial charge in [0.25, 0.3) is 0 Å². The molecule has 0 amide bonds. The number of aromatic nitrogens is 3. The van der Waals surface area contributed by atoms with Crippen LogP contribution in [0.5, 0.6) is 5.75 Å². The monoisotopic (exact) mass is 409 g/mol. The molecule has 0 radical (unpaired) electrons. The molecular formula is C22H27N5OS. The lowest BCUT2D eigenvalue weighted by Gasteiger charge is -2.32. The van der Waals surface area contributed by atoms with Crippen molar-refractivity contribution in [3.63, 3.8) is 0 Å². The first-order valence-electron chi connectivity index (χ1n) is 9.97. The smallest absolute Gasteiger partial charge is 0.188 e. The summed E-state index contributed by atoms with van der Waals surface area (Å²) in [6, 6.07) is 6.45. The molecule has 29 heavy (non-hydrogen) atoms. The van der Waals surface area contributed by atoms with Crippen LogP contribution < -0.4 is 10.1 Å². The van der Waals surface area contributed by atoms with Gasteiger partial charge in [0.2, 0.25) is 0 Å². The number of nitrogens with one attached hydrogen (secondary N) is 1. The van der Waals surface area contributed by atoms with E-state index >= 15 is 0 Å². The molecule has 152 valence electrons. The quantitative estimate of drug-likeness (QED) is 0.638. The Kier molecular flexibility index (Phi) is 6.06. The van der Waals surface area contributed by atoms with E-state index in [1.54, 1.807) is 24.6 Å². The van der Waals surface area contributed by atoms with Gasteiger partial charge in [-0.3, -0.25) is 9.88 Å². The highest BCUT2D eigenvalue weighted by molar-refractivity contribution is 7.13. The van der Waals surface area contributed by atoms with Crippen molar-refractivity contribution >= 4 is 22.3 Å². The summed E-state index contributed by atoms with van der Waals surface area (Å²) in [5.41, 5.74) is 4.56. The van der Waals surface area contributed by atoms with E-state index in [1.165, 1.54) is 11.1 Å². The Hall–Kier alpha value is -2.51. The summed E-state index contributed by atoms with van der Waals surface area (Å²) in [5.74, 6) is 2.19. The molecular weight excluding hydrogens is 382 g/mol. The molecule has 3 heterocycles. The number of thiazole rings is 1. The summed E-state index contributed by atoms with van der Waals surface area (Å²) in [6.07, 6.45) is 5.84. The van der Waals surface area contributed by atoms with Crippen LogP contribution in [-0.4, -0.2) is 40.1 Å². The van der Waals surface area contributed by atoms with Crippen molar-refractivity contribution in [2.45, 2.75) is 39.2 Å². The average Bonchev–Trinajstić information content (AvgIpc) is 3.14. The maximum absolute atomic E-state index is 5.57. The molecule has 1 saturated heterocycles.